The molecule has 5 heteroatoms. The third kappa shape index (κ3) is 3.82. The predicted molar refractivity (Wildman–Crippen MR) is 82.3 cm³/mol. The summed E-state index contributed by atoms with van der Waals surface area (Å²) in [5, 5.41) is 15.6. The lowest BCUT2D eigenvalue weighted by molar-refractivity contribution is 0.229. The van der Waals surface area contributed by atoms with Crippen LogP contribution in [-0.4, -0.2) is 35.3 Å². The smallest absolute Gasteiger partial charge is 0.136 e. The molecule has 2 rings (SSSR count). The van der Waals surface area contributed by atoms with Crippen LogP contribution < -0.4 is 10.6 Å². The van der Waals surface area contributed by atoms with Crippen LogP contribution in [0.2, 0.25) is 0 Å². The van der Waals surface area contributed by atoms with Crippen LogP contribution in [0, 0.1) is 12.8 Å². The average molecular weight is 278 g/mol. The zero-order chi connectivity index (χ0) is 14.5. The van der Waals surface area contributed by atoms with Gasteiger partial charge in [0.05, 0.1) is 0 Å². The first-order valence-electron chi connectivity index (χ1n) is 7.56. The van der Waals surface area contributed by atoms with Crippen LogP contribution in [0.1, 0.15) is 49.9 Å². The number of aliphatic hydroxyl groups excluding tert-OH is 1. The van der Waals surface area contributed by atoms with Crippen molar-refractivity contribution in [2.24, 2.45) is 5.92 Å². The summed E-state index contributed by atoms with van der Waals surface area (Å²) in [4.78, 5) is 9.26. The van der Waals surface area contributed by atoms with Gasteiger partial charge in [-0.25, -0.2) is 9.97 Å². The van der Waals surface area contributed by atoms with Gasteiger partial charge in [0.1, 0.15) is 17.5 Å². The van der Waals surface area contributed by atoms with Gasteiger partial charge in [-0.05, 0) is 38.5 Å². The molecule has 1 aliphatic carbocycles. The fourth-order valence-corrected chi connectivity index (χ4v) is 2.22. The molecule has 0 amide bonds. The summed E-state index contributed by atoms with van der Waals surface area (Å²) < 4.78 is 0. The number of rotatable bonds is 8. The summed E-state index contributed by atoms with van der Waals surface area (Å²) in [6.07, 6.45) is 4.49. The Morgan fingerprint density at radius 1 is 1.30 bits per heavy atom. The molecule has 1 heterocycles. The van der Waals surface area contributed by atoms with E-state index in [1.807, 2.05) is 14.0 Å². The molecule has 5 nitrogen and oxygen atoms in total. The van der Waals surface area contributed by atoms with Gasteiger partial charge in [-0.2, -0.15) is 0 Å². The zero-order valence-corrected chi connectivity index (χ0v) is 12.7. The largest absolute Gasteiger partial charge is 0.396 e. The standard InChI is InChI=1S/C15H26N4O/c1-10(9-20)5-4-8-17-14-11(2)13(16-3)18-15(19-14)12-6-7-12/h10,12,20H,4-9H2,1-3H3,(H2,16,17,18,19). The molecular formula is C15H26N4O. The lowest BCUT2D eigenvalue weighted by Gasteiger charge is -2.14. The Balaban J connectivity index is 1.97. The molecule has 1 aromatic rings. The molecule has 0 spiro atoms. The van der Waals surface area contributed by atoms with Gasteiger partial charge in [-0.15, -0.1) is 0 Å². The van der Waals surface area contributed by atoms with Gasteiger partial charge in [-0.3, -0.25) is 0 Å². The van der Waals surface area contributed by atoms with Crippen LogP contribution in [0.4, 0.5) is 11.6 Å². The molecule has 1 saturated carbocycles. The molecule has 3 N–H and O–H groups in total. The Morgan fingerprint density at radius 3 is 2.60 bits per heavy atom. The van der Waals surface area contributed by atoms with Gasteiger partial charge in [-0.1, -0.05) is 6.92 Å². The Morgan fingerprint density at radius 2 is 2.00 bits per heavy atom. The highest BCUT2D eigenvalue weighted by molar-refractivity contribution is 5.57. The van der Waals surface area contributed by atoms with Crippen molar-refractivity contribution in [1.29, 1.82) is 0 Å². The lowest BCUT2D eigenvalue weighted by atomic mass is 10.1. The quantitative estimate of drug-likeness (QED) is 0.637. The van der Waals surface area contributed by atoms with E-state index in [0.717, 1.165) is 42.4 Å². The second kappa shape index (κ2) is 6.88. The molecular weight excluding hydrogens is 252 g/mol. The number of nitrogens with one attached hydrogen (secondary N) is 2. The van der Waals surface area contributed by atoms with E-state index < -0.39 is 0 Å². The molecule has 1 unspecified atom stereocenters. The van der Waals surface area contributed by atoms with E-state index in [1.54, 1.807) is 0 Å². The van der Waals surface area contributed by atoms with E-state index in [0.29, 0.717) is 11.8 Å². The van der Waals surface area contributed by atoms with E-state index in [9.17, 15) is 0 Å². The number of hydrogen-bond donors (Lipinski definition) is 3. The maximum Gasteiger partial charge on any atom is 0.136 e. The third-order valence-corrected chi connectivity index (χ3v) is 3.82. The highest BCUT2D eigenvalue weighted by atomic mass is 16.3. The maximum atomic E-state index is 9.02. The third-order valence-electron chi connectivity index (χ3n) is 3.82. The van der Waals surface area contributed by atoms with Crippen molar-refractivity contribution < 1.29 is 5.11 Å². The van der Waals surface area contributed by atoms with Gasteiger partial charge in [0.15, 0.2) is 0 Å². The summed E-state index contributed by atoms with van der Waals surface area (Å²) in [7, 11) is 1.90. The van der Waals surface area contributed by atoms with Gasteiger partial charge in [0.25, 0.3) is 0 Å². The van der Waals surface area contributed by atoms with Crippen LogP contribution in [0.25, 0.3) is 0 Å². The van der Waals surface area contributed by atoms with Gasteiger partial charge >= 0.3 is 0 Å². The minimum absolute atomic E-state index is 0.266. The topological polar surface area (TPSA) is 70.1 Å². The first-order valence-corrected chi connectivity index (χ1v) is 7.56. The predicted octanol–water partition coefficient (Wildman–Crippen LogP) is 2.52. The lowest BCUT2D eigenvalue weighted by Crippen LogP contribution is -2.11. The fraction of sp³-hybridized carbons (Fsp3) is 0.733. The second-order valence-corrected chi connectivity index (χ2v) is 5.79. The van der Waals surface area contributed by atoms with Crippen LogP contribution in [0.3, 0.4) is 0 Å². The van der Waals surface area contributed by atoms with Crippen molar-refractivity contribution in [2.45, 2.75) is 45.4 Å². The van der Waals surface area contributed by atoms with Crippen LogP contribution in [-0.2, 0) is 0 Å². The van der Waals surface area contributed by atoms with Gasteiger partial charge in [0, 0.05) is 31.7 Å². The summed E-state index contributed by atoms with van der Waals surface area (Å²) >= 11 is 0. The number of anilines is 2. The van der Waals surface area contributed by atoms with E-state index in [-0.39, 0.29) is 6.61 Å². The van der Waals surface area contributed by atoms with E-state index in [4.69, 9.17) is 5.11 Å². The zero-order valence-electron chi connectivity index (χ0n) is 12.7. The number of aromatic nitrogens is 2. The Kier molecular flexibility index (Phi) is 5.17. The Labute approximate surface area is 121 Å². The van der Waals surface area contributed by atoms with E-state index in [2.05, 4.69) is 27.5 Å². The van der Waals surface area contributed by atoms with Crippen molar-refractivity contribution in [1.82, 2.24) is 9.97 Å². The van der Waals surface area contributed by atoms with Crippen molar-refractivity contribution in [3.63, 3.8) is 0 Å². The van der Waals surface area contributed by atoms with Crippen molar-refractivity contribution in [3.05, 3.63) is 11.4 Å². The van der Waals surface area contributed by atoms with Crippen LogP contribution >= 0.6 is 0 Å². The second-order valence-electron chi connectivity index (χ2n) is 5.79. The van der Waals surface area contributed by atoms with Crippen LogP contribution in [0.5, 0.6) is 0 Å². The van der Waals surface area contributed by atoms with Crippen LogP contribution in [0.15, 0.2) is 0 Å². The van der Waals surface area contributed by atoms with Gasteiger partial charge in [0.2, 0.25) is 0 Å². The Hall–Kier alpha value is -1.36. The molecule has 0 aliphatic heterocycles. The highest BCUT2D eigenvalue weighted by Gasteiger charge is 2.28. The molecule has 20 heavy (non-hydrogen) atoms. The first kappa shape index (κ1) is 15.0. The minimum atomic E-state index is 0.266. The minimum Gasteiger partial charge on any atom is -0.396 e. The maximum absolute atomic E-state index is 9.02. The van der Waals surface area contributed by atoms with Gasteiger partial charge < -0.3 is 15.7 Å². The molecule has 0 radical (unpaired) electrons. The summed E-state index contributed by atoms with van der Waals surface area (Å²) in [5.41, 5.74) is 1.08. The highest BCUT2D eigenvalue weighted by Crippen LogP contribution is 2.39. The van der Waals surface area contributed by atoms with E-state index in [1.165, 1.54) is 12.8 Å². The number of nitrogens with zero attached hydrogens (tertiary/aromatic N) is 2. The molecule has 1 fully saturated rings. The monoisotopic (exact) mass is 278 g/mol. The average Bonchev–Trinajstić information content (AvgIpc) is 3.29. The molecule has 1 atom stereocenters. The molecule has 1 aromatic heterocycles. The summed E-state index contributed by atoms with van der Waals surface area (Å²) in [5.74, 6) is 3.76. The number of hydrogen-bond acceptors (Lipinski definition) is 5. The van der Waals surface area contributed by atoms with E-state index >= 15 is 0 Å². The van der Waals surface area contributed by atoms with Crippen molar-refractivity contribution >= 4 is 11.6 Å². The normalized spacial score (nSPS) is 16.0. The molecule has 0 bridgehead atoms. The first-order chi connectivity index (χ1) is 9.65. The SMILES string of the molecule is CNc1nc(C2CC2)nc(NCCCC(C)CO)c1C. The summed E-state index contributed by atoms with van der Waals surface area (Å²) in [6.45, 7) is 5.26. The Bertz CT molecular complexity index is 446. The molecule has 1 aliphatic rings. The molecule has 0 saturated heterocycles. The fourth-order valence-electron chi connectivity index (χ4n) is 2.22. The summed E-state index contributed by atoms with van der Waals surface area (Å²) in [6, 6.07) is 0. The molecule has 0 aromatic carbocycles. The number of aliphatic hydroxyl groups is 1. The molecule has 112 valence electrons. The van der Waals surface area contributed by atoms with Crippen molar-refractivity contribution in [2.75, 3.05) is 30.8 Å². The van der Waals surface area contributed by atoms with Crippen molar-refractivity contribution in [3.8, 4) is 0 Å².